The second-order valence-electron chi connectivity index (χ2n) is 2.23. The third-order valence-electron chi connectivity index (χ3n) is 1.45. The molecular weight excluding hydrogens is 214 g/mol. The van der Waals surface area contributed by atoms with Gasteiger partial charge >= 0.3 is 0 Å². The van der Waals surface area contributed by atoms with Gasteiger partial charge in [0.1, 0.15) is 5.75 Å². The molecule has 70 valence electrons. The Hall–Kier alpha value is -0.940. The number of hydrogen-bond donors (Lipinski definition) is 1. The van der Waals surface area contributed by atoms with Crippen molar-refractivity contribution in [1.82, 2.24) is 0 Å². The van der Waals surface area contributed by atoms with Crippen molar-refractivity contribution in [2.75, 3.05) is 6.26 Å². The Kier molecular flexibility index (Phi) is 3.00. The summed E-state index contributed by atoms with van der Waals surface area (Å²) < 4.78 is 0. The minimum absolute atomic E-state index is 0.00972. The molecule has 0 aliphatic heterocycles. The number of phenols is 1. The lowest BCUT2D eigenvalue weighted by molar-refractivity contribution is -0.387. The predicted molar refractivity (Wildman–Crippen MR) is 51.6 cm³/mol. The Morgan fingerprint density at radius 2 is 2.23 bits per heavy atom. The Labute approximate surface area is 83.7 Å². The lowest BCUT2D eigenvalue weighted by atomic mass is 10.3. The van der Waals surface area contributed by atoms with E-state index >= 15 is 0 Å². The summed E-state index contributed by atoms with van der Waals surface area (Å²) in [5, 5.41) is 19.7. The zero-order valence-electron chi connectivity index (χ0n) is 6.65. The van der Waals surface area contributed by atoms with Crippen molar-refractivity contribution < 1.29 is 10.0 Å². The van der Waals surface area contributed by atoms with Crippen molar-refractivity contribution >= 4 is 29.1 Å². The molecular formula is C7H6ClNO3S. The molecule has 0 radical (unpaired) electrons. The van der Waals surface area contributed by atoms with Crippen LogP contribution in [0.4, 0.5) is 5.69 Å². The van der Waals surface area contributed by atoms with E-state index in [9.17, 15) is 10.1 Å². The number of hydrogen-bond acceptors (Lipinski definition) is 4. The summed E-state index contributed by atoms with van der Waals surface area (Å²) in [7, 11) is 0. The number of nitrogens with zero attached hydrogens (tertiary/aromatic N) is 1. The predicted octanol–water partition coefficient (Wildman–Crippen LogP) is 2.68. The maximum Gasteiger partial charge on any atom is 0.284 e. The number of benzene rings is 1. The fourth-order valence-electron chi connectivity index (χ4n) is 0.838. The van der Waals surface area contributed by atoms with Crippen LogP contribution in [0.1, 0.15) is 0 Å². The van der Waals surface area contributed by atoms with Gasteiger partial charge in [0.05, 0.1) is 14.8 Å². The maximum atomic E-state index is 10.5. The number of aromatic hydroxyl groups is 1. The molecule has 1 N–H and O–H groups in total. The van der Waals surface area contributed by atoms with E-state index in [1.54, 1.807) is 6.26 Å². The fraction of sp³-hybridized carbons (Fsp3) is 0.143. The van der Waals surface area contributed by atoms with Crippen LogP contribution in [0.3, 0.4) is 0 Å². The van der Waals surface area contributed by atoms with E-state index in [1.165, 1.54) is 17.8 Å². The highest BCUT2D eigenvalue weighted by Crippen LogP contribution is 2.35. The largest absolute Gasteiger partial charge is 0.506 e. The smallest absolute Gasteiger partial charge is 0.284 e. The third kappa shape index (κ3) is 2.05. The second-order valence-corrected chi connectivity index (χ2v) is 3.49. The van der Waals surface area contributed by atoms with Gasteiger partial charge < -0.3 is 5.11 Å². The minimum atomic E-state index is -0.531. The Morgan fingerprint density at radius 3 is 2.69 bits per heavy atom. The van der Waals surface area contributed by atoms with Crippen molar-refractivity contribution in [2.24, 2.45) is 0 Å². The standard InChI is InChI=1S/C7H6ClNO3S/c1-13-7-3-6(10)4(8)2-5(7)9(11)12/h2-3,10H,1H3. The normalized spacial score (nSPS) is 10.0. The van der Waals surface area contributed by atoms with Crippen LogP contribution in [0.5, 0.6) is 5.75 Å². The van der Waals surface area contributed by atoms with Gasteiger partial charge in [-0.25, -0.2) is 0 Å². The first-order valence-electron chi connectivity index (χ1n) is 3.27. The summed E-state index contributed by atoms with van der Waals surface area (Å²) in [5.41, 5.74) is -0.0877. The Bertz CT molecular complexity index is 356. The second kappa shape index (κ2) is 3.85. The molecule has 0 fully saturated rings. The minimum Gasteiger partial charge on any atom is -0.506 e. The van der Waals surface area contributed by atoms with E-state index in [2.05, 4.69) is 0 Å². The van der Waals surface area contributed by atoms with Gasteiger partial charge in [0.15, 0.2) is 0 Å². The monoisotopic (exact) mass is 219 g/mol. The van der Waals surface area contributed by atoms with E-state index in [0.717, 1.165) is 6.07 Å². The number of nitro benzene ring substituents is 1. The highest BCUT2D eigenvalue weighted by molar-refractivity contribution is 7.98. The van der Waals surface area contributed by atoms with Crippen LogP contribution in [0, 0.1) is 10.1 Å². The topological polar surface area (TPSA) is 63.4 Å². The maximum absolute atomic E-state index is 10.5. The first kappa shape index (κ1) is 10.1. The molecule has 0 saturated carbocycles. The van der Waals surface area contributed by atoms with Crippen molar-refractivity contribution in [3.05, 3.63) is 27.3 Å². The summed E-state index contributed by atoms with van der Waals surface area (Å²) in [5.74, 6) is -0.142. The SMILES string of the molecule is CSc1cc(O)c(Cl)cc1[N+](=O)[O-]. The van der Waals surface area contributed by atoms with Gasteiger partial charge in [-0.05, 0) is 6.26 Å². The van der Waals surface area contributed by atoms with Gasteiger partial charge in [-0.3, -0.25) is 10.1 Å². The van der Waals surface area contributed by atoms with Gasteiger partial charge in [0, 0.05) is 12.1 Å². The quantitative estimate of drug-likeness (QED) is 0.472. The van der Waals surface area contributed by atoms with Crippen molar-refractivity contribution in [2.45, 2.75) is 4.90 Å². The van der Waals surface area contributed by atoms with Gasteiger partial charge in [0.25, 0.3) is 5.69 Å². The molecule has 0 heterocycles. The zero-order valence-corrected chi connectivity index (χ0v) is 8.22. The van der Waals surface area contributed by atoms with E-state index in [0.29, 0.717) is 4.90 Å². The summed E-state index contributed by atoms with van der Waals surface area (Å²) >= 11 is 6.71. The molecule has 1 aromatic carbocycles. The van der Waals surface area contributed by atoms with Crippen LogP contribution >= 0.6 is 23.4 Å². The molecule has 0 saturated heterocycles. The van der Waals surface area contributed by atoms with Crippen LogP contribution in [-0.4, -0.2) is 16.3 Å². The summed E-state index contributed by atoms with van der Waals surface area (Å²) in [6, 6.07) is 2.42. The number of thioether (sulfide) groups is 1. The van der Waals surface area contributed by atoms with Crippen LogP contribution in [0.2, 0.25) is 5.02 Å². The van der Waals surface area contributed by atoms with Crippen LogP contribution in [0.25, 0.3) is 0 Å². The summed E-state index contributed by atoms with van der Waals surface area (Å²) in [6.07, 6.45) is 1.69. The highest BCUT2D eigenvalue weighted by atomic mass is 35.5. The molecule has 0 unspecified atom stereocenters. The Balaban J connectivity index is 3.33. The van der Waals surface area contributed by atoms with Crippen molar-refractivity contribution in [3.63, 3.8) is 0 Å². The molecule has 6 heteroatoms. The first-order chi connectivity index (χ1) is 6.06. The average Bonchev–Trinajstić information content (AvgIpc) is 2.08. The average molecular weight is 220 g/mol. The van der Waals surface area contributed by atoms with E-state index < -0.39 is 4.92 Å². The number of phenolic OH excluding ortho intramolecular Hbond substituents is 1. The molecule has 1 rings (SSSR count). The van der Waals surface area contributed by atoms with Gasteiger partial charge in [-0.1, -0.05) is 11.6 Å². The van der Waals surface area contributed by atoms with Crippen LogP contribution < -0.4 is 0 Å². The molecule has 0 bridgehead atoms. The van der Waals surface area contributed by atoms with E-state index in [-0.39, 0.29) is 16.5 Å². The summed E-state index contributed by atoms with van der Waals surface area (Å²) in [6.45, 7) is 0. The van der Waals surface area contributed by atoms with Crippen LogP contribution in [0.15, 0.2) is 17.0 Å². The van der Waals surface area contributed by atoms with Crippen molar-refractivity contribution in [3.8, 4) is 5.75 Å². The molecule has 0 atom stereocenters. The van der Waals surface area contributed by atoms with Crippen molar-refractivity contribution in [1.29, 1.82) is 0 Å². The fourth-order valence-corrected chi connectivity index (χ4v) is 1.57. The van der Waals surface area contributed by atoms with Gasteiger partial charge in [-0.15, -0.1) is 11.8 Å². The Morgan fingerprint density at radius 1 is 1.62 bits per heavy atom. The molecule has 13 heavy (non-hydrogen) atoms. The number of halogens is 1. The molecule has 0 aliphatic carbocycles. The lowest BCUT2D eigenvalue weighted by Gasteiger charge is -2.01. The highest BCUT2D eigenvalue weighted by Gasteiger charge is 2.16. The number of rotatable bonds is 2. The molecule has 0 spiro atoms. The van der Waals surface area contributed by atoms with E-state index in [4.69, 9.17) is 16.7 Å². The lowest BCUT2D eigenvalue weighted by Crippen LogP contribution is -1.90. The van der Waals surface area contributed by atoms with Gasteiger partial charge in [-0.2, -0.15) is 0 Å². The summed E-state index contributed by atoms with van der Waals surface area (Å²) in [4.78, 5) is 10.4. The zero-order chi connectivity index (χ0) is 10.0. The van der Waals surface area contributed by atoms with Crippen LogP contribution in [-0.2, 0) is 0 Å². The first-order valence-corrected chi connectivity index (χ1v) is 4.87. The molecule has 4 nitrogen and oxygen atoms in total. The van der Waals surface area contributed by atoms with E-state index in [1.807, 2.05) is 0 Å². The third-order valence-corrected chi connectivity index (χ3v) is 2.51. The van der Waals surface area contributed by atoms with Gasteiger partial charge in [0.2, 0.25) is 0 Å². The molecule has 0 aromatic heterocycles. The molecule has 0 amide bonds. The molecule has 0 aliphatic rings. The number of nitro groups is 1. The molecule has 1 aromatic rings.